The van der Waals surface area contributed by atoms with Gasteiger partial charge >= 0.3 is 6.09 Å². The summed E-state index contributed by atoms with van der Waals surface area (Å²) >= 11 is 0. The normalized spacial score (nSPS) is 15.2. The number of hydrogen-bond acceptors (Lipinski definition) is 7. The van der Waals surface area contributed by atoms with E-state index in [2.05, 4.69) is 10.6 Å². The third-order valence-electron chi connectivity index (χ3n) is 5.07. The first-order chi connectivity index (χ1) is 15.9. The van der Waals surface area contributed by atoms with E-state index < -0.39 is 12.0 Å². The number of methoxy groups -OCH3 is 3. The van der Waals surface area contributed by atoms with Crippen molar-refractivity contribution in [3.8, 4) is 11.5 Å². The predicted octanol–water partition coefficient (Wildman–Crippen LogP) is 2.89. The SMILES string of the molecule is COCCOC(=O)Nc1cccc(NC(=O)C2CC(=O)N(c3cc(OC)ccc3OC)C2)c1. The Morgan fingerprint density at radius 1 is 1.00 bits per heavy atom. The third-order valence-corrected chi connectivity index (χ3v) is 5.07. The molecule has 176 valence electrons. The fourth-order valence-corrected chi connectivity index (χ4v) is 3.41. The van der Waals surface area contributed by atoms with Crippen LogP contribution in [0.15, 0.2) is 42.5 Å². The highest BCUT2D eigenvalue weighted by atomic mass is 16.6. The van der Waals surface area contributed by atoms with Crippen LogP contribution < -0.4 is 25.0 Å². The Balaban J connectivity index is 1.64. The van der Waals surface area contributed by atoms with Gasteiger partial charge in [0, 0.05) is 37.5 Å². The Bertz CT molecular complexity index is 1010. The molecule has 3 rings (SSSR count). The predicted molar refractivity (Wildman–Crippen MR) is 122 cm³/mol. The summed E-state index contributed by atoms with van der Waals surface area (Å²) in [5, 5.41) is 5.39. The first-order valence-corrected chi connectivity index (χ1v) is 10.3. The van der Waals surface area contributed by atoms with Crippen LogP contribution in [0.1, 0.15) is 6.42 Å². The molecule has 0 radical (unpaired) electrons. The molecule has 1 aliphatic heterocycles. The molecule has 0 aromatic heterocycles. The second-order valence-electron chi connectivity index (χ2n) is 7.27. The molecule has 0 bridgehead atoms. The number of carbonyl (C=O) groups is 3. The summed E-state index contributed by atoms with van der Waals surface area (Å²) in [6, 6.07) is 11.8. The zero-order valence-corrected chi connectivity index (χ0v) is 18.8. The fourth-order valence-electron chi connectivity index (χ4n) is 3.41. The molecule has 2 aromatic carbocycles. The minimum atomic E-state index is -0.625. The molecule has 2 N–H and O–H groups in total. The van der Waals surface area contributed by atoms with Gasteiger partial charge in [-0.25, -0.2) is 4.79 Å². The van der Waals surface area contributed by atoms with E-state index in [1.807, 2.05) is 0 Å². The van der Waals surface area contributed by atoms with Crippen LogP contribution in [0.5, 0.6) is 11.5 Å². The van der Waals surface area contributed by atoms with Crippen molar-refractivity contribution in [3.63, 3.8) is 0 Å². The molecule has 1 heterocycles. The van der Waals surface area contributed by atoms with Crippen LogP contribution in [0.4, 0.5) is 21.9 Å². The van der Waals surface area contributed by atoms with Gasteiger partial charge in [-0.2, -0.15) is 0 Å². The summed E-state index contributed by atoms with van der Waals surface area (Å²) in [4.78, 5) is 38.8. The molecule has 1 aliphatic rings. The lowest BCUT2D eigenvalue weighted by molar-refractivity contribution is -0.122. The highest BCUT2D eigenvalue weighted by molar-refractivity contribution is 6.04. The van der Waals surface area contributed by atoms with Gasteiger partial charge in [-0.05, 0) is 30.3 Å². The molecular weight excluding hydrogens is 430 g/mol. The topological polar surface area (TPSA) is 115 Å². The van der Waals surface area contributed by atoms with Crippen LogP contribution in [-0.2, 0) is 19.1 Å². The van der Waals surface area contributed by atoms with Crippen LogP contribution >= 0.6 is 0 Å². The van der Waals surface area contributed by atoms with Gasteiger partial charge in [0.1, 0.15) is 18.1 Å². The first kappa shape index (κ1) is 23.9. The van der Waals surface area contributed by atoms with Gasteiger partial charge in [0.25, 0.3) is 0 Å². The highest BCUT2D eigenvalue weighted by Crippen LogP contribution is 2.36. The molecule has 0 aliphatic carbocycles. The molecule has 10 heteroatoms. The van der Waals surface area contributed by atoms with Gasteiger partial charge in [-0.15, -0.1) is 0 Å². The summed E-state index contributed by atoms with van der Waals surface area (Å²) < 4.78 is 20.4. The van der Waals surface area contributed by atoms with Crippen molar-refractivity contribution >= 4 is 35.0 Å². The number of nitrogens with one attached hydrogen (secondary N) is 2. The molecule has 3 amide bonds. The minimum absolute atomic E-state index is 0.0654. The maximum atomic E-state index is 12.9. The van der Waals surface area contributed by atoms with E-state index in [1.165, 1.54) is 26.2 Å². The van der Waals surface area contributed by atoms with Gasteiger partial charge in [0.15, 0.2) is 0 Å². The Labute approximate surface area is 191 Å². The van der Waals surface area contributed by atoms with Gasteiger partial charge in [0.05, 0.1) is 32.4 Å². The highest BCUT2D eigenvalue weighted by Gasteiger charge is 2.36. The van der Waals surface area contributed by atoms with Gasteiger partial charge in [0.2, 0.25) is 11.8 Å². The van der Waals surface area contributed by atoms with Crippen molar-refractivity contribution in [2.24, 2.45) is 5.92 Å². The van der Waals surface area contributed by atoms with E-state index in [9.17, 15) is 14.4 Å². The number of benzene rings is 2. The number of nitrogens with zero attached hydrogens (tertiary/aromatic N) is 1. The molecule has 2 aromatic rings. The largest absolute Gasteiger partial charge is 0.497 e. The van der Waals surface area contributed by atoms with Crippen LogP contribution in [-0.4, -0.2) is 59.0 Å². The zero-order chi connectivity index (χ0) is 23.8. The van der Waals surface area contributed by atoms with E-state index >= 15 is 0 Å². The number of hydrogen-bond donors (Lipinski definition) is 2. The third kappa shape index (κ3) is 6.13. The quantitative estimate of drug-likeness (QED) is 0.556. The number of amides is 3. The molecule has 1 unspecified atom stereocenters. The summed E-state index contributed by atoms with van der Waals surface area (Å²) in [5.74, 6) is 0.0606. The summed E-state index contributed by atoms with van der Waals surface area (Å²) in [6.45, 7) is 0.628. The van der Waals surface area contributed by atoms with E-state index in [0.717, 1.165) is 0 Å². The molecule has 10 nitrogen and oxygen atoms in total. The van der Waals surface area contributed by atoms with Crippen molar-refractivity contribution in [1.82, 2.24) is 0 Å². The average Bonchev–Trinajstić information content (AvgIpc) is 3.20. The molecule has 1 fully saturated rings. The van der Waals surface area contributed by atoms with Crippen LogP contribution in [0.3, 0.4) is 0 Å². The molecule has 0 saturated carbocycles. The van der Waals surface area contributed by atoms with Gasteiger partial charge in [-0.1, -0.05) is 6.07 Å². The molecule has 1 saturated heterocycles. The maximum Gasteiger partial charge on any atom is 0.411 e. The number of carbonyl (C=O) groups excluding carboxylic acids is 3. The summed E-state index contributed by atoms with van der Waals surface area (Å²) in [5.41, 5.74) is 1.50. The van der Waals surface area contributed by atoms with Crippen LogP contribution in [0.25, 0.3) is 0 Å². The average molecular weight is 457 g/mol. The molecule has 1 atom stereocenters. The smallest absolute Gasteiger partial charge is 0.411 e. The number of anilines is 3. The number of ether oxygens (including phenoxy) is 4. The molecular formula is C23H27N3O7. The first-order valence-electron chi connectivity index (χ1n) is 10.3. The van der Waals surface area contributed by atoms with Crippen LogP contribution in [0.2, 0.25) is 0 Å². The van der Waals surface area contributed by atoms with Crippen molar-refractivity contribution in [2.45, 2.75) is 6.42 Å². The van der Waals surface area contributed by atoms with Gasteiger partial charge < -0.3 is 29.2 Å². The maximum absolute atomic E-state index is 12.9. The van der Waals surface area contributed by atoms with E-state index in [0.29, 0.717) is 35.2 Å². The Morgan fingerprint density at radius 2 is 1.76 bits per heavy atom. The summed E-state index contributed by atoms with van der Waals surface area (Å²) in [7, 11) is 4.57. The fraction of sp³-hybridized carbons (Fsp3) is 0.348. The zero-order valence-electron chi connectivity index (χ0n) is 18.8. The Morgan fingerprint density at radius 3 is 2.45 bits per heavy atom. The van der Waals surface area contributed by atoms with E-state index in [-0.39, 0.29) is 31.4 Å². The Kier molecular flexibility index (Phi) is 8.09. The Hall–Kier alpha value is -3.79. The lowest BCUT2D eigenvalue weighted by atomic mass is 10.1. The second kappa shape index (κ2) is 11.2. The minimum Gasteiger partial charge on any atom is -0.497 e. The number of rotatable bonds is 9. The van der Waals surface area contributed by atoms with Crippen molar-refractivity contribution < 1.29 is 33.3 Å². The molecule has 0 spiro atoms. The van der Waals surface area contributed by atoms with Crippen LogP contribution in [0, 0.1) is 5.92 Å². The monoisotopic (exact) mass is 457 g/mol. The van der Waals surface area contributed by atoms with Crippen molar-refractivity contribution in [3.05, 3.63) is 42.5 Å². The lowest BCUT2D eigenvalue weighted by Gasteiger charge is -2.20. The summed E-state index contributed by atoms with van der Waals surface area (Å²) in [6.07, 6.45) is -0.560. The second-order valence-corrected chi connectivity index (χ2v) is 7.27. The van der Waals surface area contributed by atoms with E-state index in [1.54, 1.807) is 42.5 Å². The van der Waals surface area contributed by atoms with Crippen molar-refractivity contribution in [2.75, 3.05) is 56.6 Å². The van der Waals surface area contributed by atoms with Crippen molar-refractivity contribution in [1.29, 1.82) is 0 Å². The molecule has 33 heavy (non-hydrogen) atoms. The van der Waals surface area contributed by atoms with Gasteiger partial charge in [-0.3, -0.25) is 14.9 Å². The van der Waals surface area contributed by atoms with E-state index in [4.69, 9.17) is 18.9 Å². The standard InChI is InChI=1S/C23H27N3O7/c1-30-9-10-33-23(29)25-17-6-4-5-16(12-17)24-22(28)15-11-21(27)26(14-15)19-13-18(31-2)7-8-20(19)32-3/h4-8,12-13,15H,9-11,14H2,1-3H3,(H,24,28)(H,25,29). The lowest BCUT2D eigenvalue weighted by Crippen LogP contribution is -2.28.